The number of nitrogen functional groups attached to an aromatic ring is 1. The Morgan fingerprint density at radius 3 is 2.43 bits per heavy atom. The lowest BCUT2D eigenvalue weighted by Gasteiger charge is -2.22. The minimum Gasteiger partial charge on any atom is -0.469 e. The minimum atomic E-state index is 0.0309. The van der Waals surface area contributed by atoms with Gasteiger partial charge in [0.2, 0.25) is 5.91 Å². The van der Waals surface area contributed by atoms with Crippen molar-refractivity contribution in [2.45, 2.75) is 13.5 Å². The summed E-state index contributed by atoms with van der Waals surface area (Å²) < 4.78 is 5.26. The molecular weight excluding hydrogens is 266 g/mol. The fourth-order valence-corrected chi connectivity index (χ4v) is 2.10. The van der Waals surface area contributed by atoms with Gasteiger partial charge in [0.05, 0.1) is 12.8 Å². The zero-order valence-electron chi connectivity index (χ0n) is 12.7. The molecule has 2 aromatic rings. The number of likely N-dealkylation sites (N-methyl/N-ethyl adjacent to an activating group) is 2. The van der Waals surface area contributed by atoms with Crippen molar-refractivity contribution in [1.29, 1.82) is 0 Å². The number of aryl methyl sites for hydroxylation is 1. The molecular formula is C16H21N3O2. The van der Waals surface area contributed by atoms with Crippen LogP contribution in [-0.2, 0) is 11.3 Å². The summed E-state index contributed by atoms with van der Waals surface area (Å²) in [5.74, 6) is 0.921. The number of carbonyl (C=O) groups excluding carboxylic acids is 1. The summed E-state index contributed by atoms with van der Waals surface area (Å²) in [5, 5.41) is 0. The van der Waals surface area contributed by atoms with Crippen LogP contribution in [0.5, 0.6) is 0 Å². The molecule has 2 rings (SSSR count). The van der Waals surface area contributed by atoms with Crippen LogP contribution in [0.3, 0.4) is 0 Å². The van der Waals surface area contributed by atoms with Crippen molar-refractivity contribution in [1.82, 2.24) is 4.90 Å². The molecule has 0 aliphatic rings. The van der Waals surface area contributed by atoms with Gasteiger partial charge in [-0.05, 0) is 44.3 Å². The lowest BCUT2D eigenvalue weighted by Crippen LogP contribution is -2.36. The number of nitrogens with two attached hydrogens (primary N) is 1. The van der Waals surface area contributed by atoms with Crippen molar-refractivity contribution in [3.05, 3.63) is 47.9 Å². The Labute approximate surface area is 124 Å². The molecule has 0 radical (unpaired) electrons. The number of anilines is 2. The molecule has 1 heterocycles. The third kappa shape index (κ3) is 3.86. The number of amides is 1. The zero-order valence-corrected chi connectivity index (χ0v) is 12.7. The van der Waals surface area contributed by atoms with Crippen LogP contribution in [0.4, 0.5) is 11.4 Å². The van der Waals surface area contributed by atoms with Gasteiger partial charge in [-0.1, -0.05) is 0 Å². The monoisotopic (exact) mass is 287 g/mol. The molecule has 0 aliphatic heterocycles. The molecule has 0 aliphatic carbocycles. The van der Waals surface area contributed by atoms with Gasteiger partial charge >= 0.3 is 0 Å². The van der Waals surface area contributed by atoms with E-state index in [4.69, 9.17) is 10.2 Å². The first-order valence-corrected chi connectivity index (χ1v) is 6.81. The molecule has 0 saturated heterocycles. The highest BCUT2D eigenvalue weighted by Gasteiger charge is 2.14. The highest BCUT2D eigenvalue weighted by atomic mass is 16.3. The molecule has 1 aromatic carbocycles. The van der Waals surface area contributed by atoms with Crippen molar-refractivity contribution in [2.75, 3.05) is 31.3 Å². The van der Waals surface area contributed by atoms with Crippen molar-refractivity contribution < 1.29 is 9.21 Å². The maximum atomic E-state index is 12.3. The first-order valence-electron chi connectivity index (χ1n) is 6.81. The summed E-state index contributed by atoms with van der Waals surface area (Å²) >= 11 is 0. The molecule has 21 heavy (non-hydrogen) atoms. The van der Waals surface area contributed by atoms with Crippen molar-refractivity contribution >= 4 is 17.3 Å². The molecule has 112 valence electrons. The molecule has 0 spiro atoms. The molecule has 0 saturated carbocycles. The zero-order chi connectivity index (χ0) is 15.4. The summed E-state index contributed by atoms with van der Waals surface area (Å²) in [6.07, 6.45) is 1.67. The summed E-state index contributed by atoms with van der Waals surface area (Å²) in [6, 6.07) is 9.19. The molecule has 0 bridgehead atoms. The van der Waals surface area contributed by atoms with E-state index in [1.54, 1.807) is 30.3 Å². The van der Waals surface area contributed by atoms with Crippen LogP contribution in [0.25, 0.3) is 0 Å². The van der Waals surface area contributed by atoms with Gasteiger partial charge in [0.15, 0.2) is 0 Å². The average Bonchev–Trinajstić information content (AvgIpc) is 2.84. The average molecular weight is 287 g/mol. The standard InChI is InChI=1S/C16H21N3O2/c1-12-13(8-9-21-12)10-18(2)11-16(20)19(3)15-6-4-14(17)5-7-15/h4-9H,10-11,17H2,1-3H3. The van der Waals surface area contributed by atoms with Crippen LogP contribution in [0.2, 0.25) is 0 Å². The molecule has 5 nitrogen and oxygen atoms in total. The van der Waals surface area contributed by atoms with E-state index in [9.17, 15) is 4.79 Å². The summed E-state index contributed by atoms with van der Waals surface area (Å²) in [4.78, 5) is 15.9. The van der Waals surface area contributed by atoms with Crippen LogP contribution in [0, 0.1) is 6.92 Å². The largest absolute Gasteiger partial charge is 0.469 e. The Bertz CT molecular complexity index is 604. The van der Waals surface area contributed by atoms with Gasteiger partial charge in [-0.3, -0.25) is 9.69 Å². The molecule has 5 heteroatoms. The first kappa shape index (κ1) is 15.1. The second-order valence-corrected chi connectivity index (χ2v) is 5.22. The number of nitrogens with zero attached hydrogens (tertiary/aromatic N) is 2. The molecule has 2 N–H and O–H groups in total. The number of furan rings is 1. The van der Waals surface area contributed by atoms with Gasteiger partial charge in [0, 0.05) is 30.5 Å². The number of hydrogen-bond donors (Lipinski definition) is 1. The Morgan fingerprint density at radius 1 is 1.19 bits per heavy atom. The fourth-order valence-electron chi connectivity index (χ4n) is 2.10. The van der Waals surface area contributed by atoms with Gasteiger partial charge in [-0.2, -0.15) is 0 Å². The second-order valence-electron chi connectivity index (χ2n) is 5.22. The van der Waals surface area contributed by atoms with E-state index >= 15 is 0 Å². The third-order valence-corrected chi connectivity index (χ3v) is 3.47. The Balaban J connectivity index is 1.94. The lowest BCUT2D eigenvalue weighted by atomic mass is 10.2. The van der Waals surface area contributed by atoms with E-state index in [1.807, 2.05) is 37.1 Å². The van der Waals surface area contributed by atoms with Gasteiger partial charge in [0.1, 0.15) is 5.76 Å². The van der Waals surface area contributed by atoms with E-state index in [0.29, 0.717) is 18.8 Å². The Hall–Kier alpha value is -2.27. The van der Waals surface area contributed by atoms with E-state index in [1.165, 1.54) is 0 Å². The smallest absolute Gasteiger partial charge is 0.240 e. The molecule has 1 aromatic heterocycles. The molecule has 1 amide bonds. The second kappa shape index (κ2) is 6.45. The number of benzene rings is 1. The van der Waals surface area contributed by atoms with Crippen molar-refractivity contribution in [3.63, 3.8) is 0 Å². The fraction of sp³-hybridized carbons (Fsp3) is 0.312. The van der Waals surface area contributed by atoms with E-state index in [2.05, 4.69) is 0 Å². The molecule has 0 unspecified atom stereocenters. The quantitative estimate of drug-likeness (QED) is 0.857. The maximum absolute atomic E-state index is 12.3. The number of hydrogen-bond acceptors (Lipinski definition) is 4. The topological polar surface area (TPSA) is 62.7 Å². The van der Waals surface area contributed by atoms with E-state index in [0.717, 1.165) is 17.0 Å². The highest BCUT2D eigenvalue weighted by Crippen LogP contribution is 2.16. The SMILES string of the molecule is Cc1occc1CN(C)CC(=O)N(C)c1ccc(N)cc1. The predicted molar refractivity (Wildman–Crippen MR) is 84.0 cm³/mol. The van der Waals surface area contributed by atoms with Crippen LogP contribution >= 0.6 is 0 Å². The lowest BCUT2D eigenvalue weighted by molar-refractivity contribution is -0.119. The van der Waals surface area contributed by atoms with Crippen LogP contribution in [0.1, 0.15) is 11.3 Å². The Kier molecular flexibility index (Phi) is 4.65. The third-order valence-electron chi connectivity index (χ3n) is 3.47. The van der Waals surface area contributed by atoms with Gasteiger partial charge < -0.3 is 15.1 Å². The summed E-state index contributed by atoms with van der Waals surface area (Å²) in [5.41, 5.74) is 8.27. The van der Waals surface area contributed by atoms with Gasteiger partial charge in [-0.15, -0.1) is 0 Å². The van der Waals surface area contributed by atoms with Gasteiger partial charge in [-0.25, -0.2) is 0 Å². The van der Waals surface area contributed by atoms with Gasteiger partial charge in [0.25, 0.3) is 0 Å². The van der Waals surface area contributed by atoms with Crippen molar-refractivity contribution in [2.24, 2.45) is 0 Å². The molecule has 0 fully saturated rings. The summed E-state index contributed by atoms with van der Waals surface area (Å²) in [7, 11) is 3.69. The van der Waals surface area contributed by atoms with Crippen molar-refractivity contribution in [3.8, 4) is 0 Å². The number of rotatable bonds is 5. The summed E-state index contributed by atoms with van der Waals surface area (Å²) in [6.45, 7) is 2.95. The van der Waals surface area contributed by atoms with Crippen LogP contribution in [0.15, 0.2) is 41.0 Å². The number of carbonyl (C=O) groups is 1. The normalized spacial score (nSPS) is 10.9. The van der Waals surface area contributed by atoms with E-state index in [-0.39, 0.29) is 5.91 Å². The highest BCUT2D eigenvalue weighted by molar-refractivity contribution is 5.94. The first-order chi connectivity index (χ1) is 9.97. The van der Waals surface area contributed by atoms with Crippen LogP contribution in [-0.4, -0.2) is 31.4 Å². The van der Waals surface area contributed by atoms with E-state index < -0.39 is 0 Å². The Morgan fingerprint density at radius 2 is 1.86 bits per heavy atom. The minimum absolute atomic E-state index is 0.0309. The molecule has 0 atom stereocenters. The van der Waals surface area contributed by atoms with Crippen LogP contribution < -0.4 is 10.6 Å². The maximum Gasteiger partial charge on any atom is 0.240 e. The predicted octanol–water partition coefficient (Wildman–Crippen LogP) is 2.27.